The number of imidazole rings is 1. The van der Waals surface area contributed by atoms with Gasteiger partial charge in [0.2, 0.25) is 0 Å². The number of hydrogen-bond acceptors (Lipinski definition) is 2. The summed E-state index contributed by atoms with van der Waals surface area (Å²) in [6, 6.07) is 8.15. The Morgan fingerprint density at radius 1 is 1.11 bits per heavy atom. The number of aliphatic hydroxyl groups is 1. The molecule has 4 nitrogen and oxygen atoms in total. The summed E-state index contributed by atoms with van der Waals surface area (Å²) in [5, 5.41) is 10.5. The van der Waals surface area contributed by atoms with E-state index in [-0.39, 0.29) is 6.61 Å². The number of fused-ring (bicyclic) bond motifs is 1. The molecule has 0 aliphatic heterocycles. The number of aryl methyl sites for hydroxylation is 2. The second kappa shape index (κ2) is 5.28. The minimum absolute atomic E-state index is 0.0936. The summed E-state index contributed by atoms with van der Waals surface area (Å²) in [6.45, 7) is 2.03. The van der Waals surface area contributed by atoms with Crippen LogP contribution in [0.5, 0.6) is 0 Å². The van der Waals surface area contributed by atoms with Crippen LogP contribution in [0.3, 0.4) is 0 Å². The first-order valence-corrected chi connectivity index (χ1v) is 6.52. The lowest BCUT2D eigenvalue weighted by atomic mass is 10.1. The Morgan fingerprint density at radius 3 is 2.84 bits per heavy atom. The van der Waals surface area contributed by atoms with Gasteiger partial charge in [0, 0.05) is 42.6 Å². The van der Waals surface area contributed by atoms with E-state index < -0.39 is 0 Å². The average Bonchev–Trinajstić information content (AvgIpc) is 3.08. The van der Waals surface area contributed by atoms with Gasteiger partial charge >= 0.3 is 0 Å². The maximum atomic E-state index is 9.33. The maximum Gasteiger partial charge on any atom is 0.0945 e. The minimum Gasteiger partial charge on any atom is -0.392 e. The van der Waals surface area contributed by atoms with Gasteiger partial charge in [0.25, 0.3) is 0 Å². The maximum absolute atomic E-state index is 9.33. The Balaban J connectivity index is 1.74. The monoisotopic (exact) mass is 255 g/mol. The minimum atomic E-state index is 0.0936. The molecule has 3 aromatic rings. The first-order chi connectivity index (χ1) is 9.38. The second-order valence-electron chi connectivity index (χ2n) is 4.67. The zero-order chi connectivity index (χ0) is 13.1. The van der Waals surface area contributed by atoms with E-state index in [0.29, 0.717) is 0 Å². The Bertz CT molecular complexity index is 655. The van der Waals surface area contributed by atoms with Crippen molar-refractivity contribution >= 4 is 10.9 Å². The molecule has 0 spiro atoms. The lowest BCUT2D eigenvalue weighted by Crippen LogP contribution is -2.01. The molecule has 19 heavy (non-hydrogen) atoms. The van der Waals surface area contributed by atoms with Crippen LogP contribution >= 0.6 is 0 Å². The molecule has 2 heterocycles. The summed E-state index contributed by atoms with van der Waals surface area (Å²) >= 11 is 0. The van der Waals surface area contributed by atoms with E-state index in [1.54, 1.807) is 6.20 Å². The molecule has 4 heteroatoms. The zero-order valence-corrected chi connectivity index (χ0v) is 10.7. The van der Waals surface area contributed by atoms with E-state index in [2.05, 4.69) is 32.4 Å². The number of benzene rings is 1. The predicted octanol–water partition coefficient (Wildman–Crippen LogP) is 2.42. The number of nitrogens with zero attached hydrogens (tertiary/aromatic N) is 3. The summed E-state index contributed by atoms with van der Waals surface area (Å²) in [5.41, 5.74) is 2.18. The first-order valence-electron chi connectivity index (χ1n) is 6.52. The lowest BCUT2D eigenvalue weighted by molar-refractivity contribution is 0.283. The standard InChI is InChI=1S/C15H17N3O/c19-11-13-3-1-4-15-14(13)5-9-18(15)8-2-7-17-10-6-16-12-17/h1,3-6,9-10,12,19H,2,7-8,11H2. The molecule has 0 radical (unpaired) electrons. The lowest BCUT2D eigenvalue weighted by Gasteiger charge is -2.07. The highest BCUT2D eigenvalue weighted by atomic mass is 16.3. The molecule has 1 aromatic carbocycles. The van der Waals surface area contributed by atoms with Gasteiger partial charge in [-0.2, -0.15) is 0 Å². The number of rotatable bonds is 5. The third kappa shape index (κ3) is 2.39. The van der Waals surface area contributed by atoms with E-state index in [9.17, 15) is 5.11 Å². The van der Waals surface area contributed by atoms with Gasteiger partial charge in [0.15, 0.2) is 0 Å². The van der Waals surface area contributed by atoms with Crippen LogP contribution in [-0.2, 0) is 19.7 Å². The Labute approximate surface area is 111 Å². The molecule has 98 valence electrons. The Hall–Kier alpha value is -2.07. The summed E-state index contributed by atoms with van der Waals surface area (Å²) in [6.07, 6.45) is 8.79. The van der Waals surface area contributed by atoms with Crippen molar-refractivity contribution < 1.29 is 5.11 Å². The van der Waals surface area contributed by atoms with E-state index in [0.717, 1.165) is 30.5 Å². The highest BCUT2D eigenvalue weighted by Crippen LogP contribution is 2.20. The van der Waals surface area contributed by atoms with Crippen LogP contribution in [0.4, 0.5) is 0 Å². The fourth-order valence-corrected chi connectivity index (χ4v) is 2.46. The molecule has 0 aliphatic rings. The van der Waals surface area contributed by atoms with Crippen molar-refractivity contribution in [3.05, 3.63) is 54.7 Å². The van der Waals surface area contributed by atoms with Crippen LogP contribution in [-0.4, -0.2) is 19.2 Å². The van der Waals surface area contributed by atoms with Crippen LogP contribution < -0.4 is 0 Å². The van der Waals surface area contributed by atoms with Gasteiger partial charge in [0.1, 0.15) is 0 Å². The molecule has 0 saturated heterocycles. The molecular weight excluding hydrogens is 238 g/mol. The molecular formula is C15H17N3O. The smallest absolute Gasteiger partial charge is 0.0945 e. The van der Waals surface area contributed by atoms with Crippen molar-refractivity contribution in [1.29, 1.82) is 0 Å². The van der Waals surface area contributed by atoms with Crippen LogP contribution in [0, 0.1) is 0 Å². The van der Waals surface area contributed by atoms with Gasteiger partial charge in [-0.15, -0.1) is 0 Å². The van der Waals surface area contributed by atoms with E-state index >= 15 is 0 Å². The third-order valence-electron chi connectivity index (χ3n) is 3.45. The van der Waals surface area contributed by atoms with Crippen LogP contribution in [0.15, 0.2) is 49.2 Å². The van der Waals surface area contributed by atoms with E-state index in [1.807, 2.05) is 24.7 Å². The fraction of sp³-hybridized carbons (Fsp3) is 0.267. The molecule has 0 atom stereocenters. The van der Waals surface area contributed by atoms with Crippen LogP contribution in [0.2, 0.25) is 0 Å². The van der Waals surface area contributed by atoms with Crippen molar-refractivity contribution in [2.45, 2.75) is 26.1 Å². The fourth-order valence-electron chi connectivity index (χ4n) is 2.46. The summed E-state index contributed by atoms with van der Waals surface area (Å²) in [4.78, 5) is 4.04. The Kier molecular flexibility index (Phi) is 3.33. The molecule has 0 saturated carbocycles. The van der Waals surface area contributed by atoms with Gasteiger partial charge in [-0.3, -0.25) is 0 Å². The summed E-state index contributed by atoms with van der Waals surface area (Å²) < 4.78 is 4.33. The topological polar surface area (TPSA) is 43.0 Å². The number of hydrogen-bond donors (Lipinski definition) is 1. The molecule has 3 rings (SSSR count). The van der Waals surface area contributed by atoms with Crippen molar-refractivity contribution in [1.82, 2.24) is 14.1 Å². The largest absolute Gasteiger partial charge is 0.392 e. The number of aliphatic hydroxyl groups excluding tert-OH is 1. The SMILES string of the molecule is OCc1cccc2c1ccn2CCCn1ccnc1. The molecule has 0 fully saturated rings. The predicted molar refractivity (Wildman–Crippen MR) is 74.7 cm³/mol. The van der Waals surface area contributed by atoms with E-state index in [1.165, 1.54) is 5.52 Å². The summed E-state index contributed by atoms with van der Waals surface area (Å²) in [5.74, 6) is 0. The molecule has 0 unspecified atom stereocenters. The zero-order valence-electron chi connectivity index (χ0n) is 10.7. The molecule has 1 N–H and O–H groups in total. The Morgan fingerprint density at radius 2 is 2.05 bits per heavy atom. The van der Waals surface area contributed by atoms with Gasteiger partial charge in [0.05, 0.1) is 12.9 Å². The number of aromatic nitrogens is 3. The molecule has 2 aromatic heterocycles. The first kappa shape index (κ1) is 12.0. The van der Waals surface area contributed by atoms with Gasteiger partial charge in [-0.05, 0) is 24.1 Å². The van der Waals surface area contributed by atoms with Crippen molar-refractivity contribution in [3.63, 3.8) is 0 Å². The van der Waals surface area contributed by atoms with Crippen molar-refractivity contribution in [2.75, 3.05) is 0 Å². The van der Waals surface area contributed by atoms with Crippen LogP contribution in [0.1, 0.15) is 12.0 Å². The average molecular weight is 255 g/mol. The highest BCUT2D eigenvalue weighted by molar-refractivity contribution is 5.83. The van der Waals surface area contributed by atoms with Gasteiger partial charge < -0.3 is 14.2 Å². The van der Waals surface area contributed by atoms with Crippen molar-refractivity contribution in [2.24, 2.45) is 0 Å². The molecule has 0 bridgehead atoms. The normalized spacial score (nSPS) is 11.2. The highest BCUT2D eigenvalue weighted by Gasteiger charge is 2.04. The molecule has 0 aliphatic carbocycles. The van der Waals surface area contributed by atoms with Crippen LogP contribution in [0.25, 0.3) is 10.9 Å². The van der Waals surface area contributed by atoms with Crippen molar-refractivity contribution in [3.8, 4) is 0 Å². The van der Waals surface area contributed by atoms with E-state index in [4.69, 9.17) is 0 Å². The van der Waals surface area contributed by atoms with Gasteiger partial charge in [-0.25, -0.2) is 4.98 Å². The summed E-state index contributed by atoms with van der Waals surface area (Å²) in [7, 11) is 0. The second-order valence-corrected chi connectivity index (χ2v) is 4.67. The molecule has 0 amide bonds. The van der Waals surface area contributed by atoms with Gasteiger partial charge in [-0.1, -0.05) is 12.1 Å². The quantitative estimate of drug-likeness (QED) is 0.761. The third-order valence-corrected chi connectivity index (χ3v) is 3.45.